The fourth-order valence-electron chi connectivity index (χ4n) is 1.84. The van der Waals surface area contributed by atoms with Gasteiger partial charge >= 0.3 is 5.97 Å². The molecule has 0 aliphatic heterocycles. The van der Waals surface area contributed by atoms with Crippen LogP contribution in [0.15, 0.2) is 24.8 Å². The molecule has 1 N–H and O–H groups in total. The van der Waals surface area contributed by atoms with Crippen molar-refractivity contribution < 1.29 is 14.8 Å². The van der Waals surface area contributed by atoms with E-state index in [0.717, 1.165) is 12.1 Å². The fraction of sp³-hybridized carbons (Fsp3) is 0.308. The van der Waals surface area contributed by atoms with Gasteiger partial charge < -0.3 is 10.0 Å². The lowest BCUT2D eigenvalue weighted by Gasteiger charge is -2.29. The molecule has 0 radical (unpaired) electrons. The Morgan fingerprint density at radius 1 is 1.60 bits per heavy atom. The number of rotatable bonds is 6. The van der Waals surface area contributed by atoms with E-state index in [4.69, 9.17) is 11.6 Å². The van der Waals surface area contributed by atoms with Gasteiger partial charge in [-0.05, 0) is 13.8 Å². The summed E-state index contributed by atoms with van der Waals surface area (Å²) in [5.41, 5.74) is -0.280. The second kappa shape index (κ2) is 6.38. The first-order valence-electron chi connectivity index (χ1n) is 5.88. The molecule has 1 aromatic carbocycles. The number of nitro benzene ring substituents is 1. The van der Waals surface area contributed by atoms with Gasteiger partial charge in [0.1, 0.15) is 0 Å². The number of carboxylic acids is 1. The first-order chi connectivity index (χ1) is 9.29. The minimum Gasteiger partial charge on any atom is -0.478 e. The Morgan fingerprint density at radius 2 is 2.20 bits per heavy atom. The van der Waals surface area contributed by atoms with Crippen molar-refractivity contribution in [3.8, 4) is 0 Å². The van der Waals surface area contributed by atoms with Crippen LogP contribution in [0, 0.1) is 10.1 Å². The molecule has 0 saturated carbocycles. The van der Waals surface area contributed by atoms with Crippen molar-refractivity contribution in [2.75, 3.05) is 11.4 Å². The Balaban J connectivity index is 3.54. The number of nitro groups is 1. The molecule has 1 rings (SSSR count). The van der Waals surface area contributed by atoms with Crippen LogP contribution in [0.5, 0.6) is 0 Å². The van der Waals surface area contributed by atoms with E-state index < -0.39 is 10.9 Å². The van der Waals surface area contributed by atoms with E-state index in [1.54, 1.807) is 11.0 Å². The second-order valence-electron chi connectivity index (χ2n) is 4.42. The molecule has 0 aliphatic carbocycles. The molecule has 0 aliphatic rings. The molecule has 0 amide bonds. The van der Waals surface area contributed by atoms with Crippen molar-refractivity contribution in [1.29, 1.82) is 0 Å². The van der Waals surface area contributed by atoms with Crippen LogP contribution in [-0.4, -0.2) is 28.6 Å². The van der Waals surface area contributed by atoms with Gasteiger partial charge in [-0.1, -0.05) is 17.7 Å². The number of hydrogen-bond acceptors (Lipinski definition) is 4. The number of nitrogens with zero attached hydrogens (tertiary/aromatic N) is 2. The predicted octanol–water partition coefficient (Wildman–Crippen LogP) is 3.35. The molecule has 20 heavy (non-hydrogen) atoms. The quantitative estimate of drug-likeness (QED) is 0.494. The van der Waals surface area contributed by atoms with Gasteiger partial charge in [-0.25, -0.2) is 4.79 Å². The number of aromatic carboxylic acids is 1. The molecule has 0 unspecified atom stereocenters. The molecule has 0 aromatic heterocycles. The molecule has 6 nitrogen and oxygen atoms in total. The molecule has 0 bridgehead atoms. The minimum atomic E-state index is -1.26. The average molecular weight is 299 g/mol. The van der Waals surface area contributed by atoms with E-state index >= 15 is 0 Å². The minimum absolute atomic E-state index is 0.0344. The van der Waals surface area contributed by atoms with Crippen LogP contribution in [0.25, 0.3) is 0 Å². The highest BCUT2D eigenvalue weighted by atomic mass is 35.5. The van der Waals surface area contributed by atoms with Crippen molar-refractivity contribution in [1.82, 2.24) is 0 Å². The summed E-state index contributed by atoms with van der Waals surface area (Å²) in [5, 5.41) is 20.1. The topological polar surface area (TPSA) is 83.7 Å². The second-order valence-corrected chi connectivity index (χ2v) is 4.83. The van der Waals surface area contributed by atoms with E-state index in [9.17, 15) is 20.0 Å². The van der Waals surface area contributed by atoms with E-state index in [1.807, 2.05) is 13.8 Å². The normalized spacial score (nSPS) is 10.4. The molecule has 7 heteroatoms. The number of halogens is 1. The van der Waals surface area contributed by atoms with Gasteiger partial charge in [-0.2, -0.15) is 0 Å². The Hall–Kier alpha value is -2.08. The lowest BCUT2D eigenvalue weighted by atomic mass is 10.1. The van der Waals surface area contributed by atoms with Crippen molar-refractivity contribution in [3.63, 3.8) is 0 Å². The maximum atomic E-state index is 11.3. The summed E-state index contributed by atoms with van der Waals surface area (Å²) in [4.78, 5) is 23.2. The monoisotopic (exact) mass is 298 g/mol. The standard InChI is InChI=1S/C13H15ClN2O4/c1-4-5-15(8(2)3)12-10(13(17)18)6-9(16(19)20)7-11(12)14/h4,6-8H,1,5H2,2-3H3,(H,17,18). The number of hydrogen-bond donors (Lipinski definition) is 1. The van der Waals surface area contributed by atoms with Crippen molar-refractivity contribution in [2.45, 2.75) is 19.9 Å². The largest absolute Gasteiger partial charge is 0.478 e. The molecular formula is C13H15ClN2O4. The zero-order valence-corrected chi connectivity index (χ0v) is 11.9. The van der Waals surface area contributed by atoms with Gasteiger partial charge in [0.15, 0.2) is 0 Å². The van der Waals surface area contributed by atoms with Crippen LogP contribution in [0.2, 0.25) is 5.02 Å². The molecule has 0 heterocycles. The van der Waals surface area contributed by atoms with Crippen LogP contribution < -0.4 is 4.90 Å². The molecule has 1 aromatic rings. The third-order valence-electron chi connectivity index (χ3n) is 2.73. The third-order valence-corrected chi connectivity index (χ3v) is 3.01. The van der Waals surface area contributed by atoms with Gasteiger partial charge in [-0.15, -0.1) is 6.58 Å². The highest BCUT2D eigenvalue weighted by Crippen LogP contribution is 2.35. The molecule has 0 saturated heterocycles. The summed E-state index contributed by atoms with van der Waals surface area (Å²) in [6.45, 7) is 7.74. The van der Waals surface area contributed by atoms with E-state index in [-0.39, 0.29) is 28.0 Å². The van der Waals surface area contributed by atoms with E-state index in [0.29, 0.717) is 6.54 Å². The van der Waals surface area contributed by atoms with Gasteiger partial charge in [0.2, 0.25) is 0 Å². The van der Waals surface area contributed by atoms with Gasteiger partial charge in [0, 0.05) is 24.7 Å². The maximum Gasteiger partial charge on any atom is 0.338 e. The van der Waals surface area contributed by atoms with E-state index in [1.165, 1.54) is 0 Å². The zero-order valence-electron chi connectivity index (χ0n) is 11.2. The molecule has 0 atom stereocenters. The number of carbonyl (C=O) groups is 1. The summed E-state index contributed by atoms with van der Waals surface area (Å²) in [6, 6.07) is 2.13. The van der Waals surface area contributed by atoms with Crippen LogP contribution in [0.1, 0.15) is 24.2 Å². The Morgan fingerprint density at radius 3 is 2.60 bits per heavy atom. The van der Waals surface area contributed by atoms with Gasteiger partial charge in [0.25, 0.3) is 5.69 Å². The number of benzene rings is 1. The molecule has 0 fully saturated rings. The SMILES string of the molecule is C=CCN(c1c(Cl)cc([N+](=O)[O-])cc1C(=O)O)C(C)C. The molecular weight excluding hydrogens is 284 g/mol. The first kappa shape index (κ1) is 16.0. The summed E-state index contributed by atoms with van der Waals surface area (Å²) in [7, 11) is 0. The predicted molar refractivity (Wildman–Crippen MR) is 77.7 cm³/mol. The Labute approximate surface area is 121 Å². The Bertz CT molecular complexity index is 558. The highest BCUT2D eigenvalue weighted by molar-refractivity contribution is 6.34. The smallest absolute Gasteiger partial charge is 0.338 e. The van der Waals surface area contributed by atoms with Crippen LogP contribution >= 0.6 is 11.6 Å². The first-order valence-corrected chi connectivity index (χ1v) is 6.26. The fourth-order valence-corrected chi connectivity index (χ4v) is 2.17. The summed E-state index contributed by atoms with van der Waals surface area (Å²) < 4.78 is 0. The summed E-state index contributed by atoms with van der Waals surface area (Å²) in [5.74, 6) is -1.26. The van der Waals surface area contributed by atoms with Crippen molar-refractivity contribution in [3.05, 3.63) is 45.5 Å². The maximum absolute atomic E-state index is 11.3. The van der Waals surface area contributed by atoms with Gasteiger partial charge in [-0.3, -0.25) is 10.1 Å². The lowest BCUT2D eigenvalue weighted by Crippen LogP contribution is -2.32. The third kappa shape index (κ3) is 3.27. The van der Waals surface area contributed by atoms with Crippen LogP contribution in [0.4, 0.5) is 11.4 Å². The average Bonchev–Trinajstić information content (AvgIpc) is 2.35. The van der Waals surface area contributed by atoms with Crippen LogP contribution in [0.3, 0.4) is 0 Å². The van der Waals surface area contributed by atoms with Crippen LogP contribution in [-0.2, 0) is 0 Å². The number of carboxylic acid groups (broad SMARTS) is 1. The molecule has 0 spiro atoms. The zero-order chi connectivity index (χ0) is 15.4. The summed E-state index contributed by atoms with van der Waals surface area (Å²) in [6.07, 6.45) is 1.61. The van der Waals surface area contributed by atoms with Crippen molar-refractivity contribution >= 4 is 28.9 Å². The highest BCUT2D eigenvalue weighted by Gasteiger charge is 2.24. The molecule has 108 valence electrons. The number of non-ortho nitro benzene ring substituents is 1. The van der Waals surface area contributed by atoms with Gasteiger partial charge in [0.05, 0.1) is 21.2 Å². The van der Waals surface area contributed by atoms with Crippen molar-refractivity contribution in [2.24, 2.45) is 0 Å². The lowest BCUT2D eigenvalue weighted by molar-refractivity contribution is -0.384. The number of anilines is 1. The van der Waals surface area contributed by atoms with E-state index in [2.05, 4.69) is 6.58 Å². The summed E-state index contributed by atoms with van der Waals surface area (Å²) >= 11 is 6.05. The Kier molecular flexibility index (Phi) is 5.10.